The molecule has 2 aromatic heterocycles. The maximum Gasteiger partial charge on any atom is 0.0715 e. The van der Waals surface area contributed by atoms with Gasteiger partial charge in [-0.2, -0.15) is 0 Å². The van der Waals surface area contributed by atoms with Crippen molar-refractivity contribution in [1.29, 1.82) is 0 Å². The number of aliphatic hydroxyl groups is 1. The van der Waals surface area contributed by atoms with Crippen molar-refractivity contribution in [2.24, 2.45) is 5.92 Å². The lowest BCUT2D eigenvalue weighted by Gasteiger charge is -2.31. The molecule has 0 bridgehead atoms. The van der Waals surface area contributed by atoms with Gasteiger partial charge >= 0.3 is 0 Å². The summed E-state index contributed by atoms with van der Waals surface area (Å²) in [5.74, 6) is 1.43. The van der Waals surface area contributed by atoms with Crippen LogP contribution in [-0.2, 0) is 0 Å². The quantitative estimate of drug-likeness (QED) is 0.612. The minimum atomic E-state index is -0.350. The molecule has 0 spiro atoms. The first kappa shape index (κ1) is 19.5. The molecule has 1 N–H and O–H groups in total. The van der Waals surface area contributed by atoms with Crippen LogP contribution >= 0.6 is 11.6 Å². The number of nitrogens with zero attached hydrogens (tertiary/aromatic N) is 1. The molecule has 2 aromatic rings. The van der Waals surface area contributed by atoms with Crippen molar-refractivity contribution >= 4 is 22.7 Å². The van der Waals surface area contributed by atoms with Crippen LogP contribution in [0.15, 0.2) is 31.0 Å². The molecule has 4 rings (SSSR count). The number of hydrogen-bond donors (Lipinski definition) is 1. The van der Waals surface area contributed by atoms with Crippen LogP contribution in [0.1, 0.15) is 82.9 Å². The molecule has 2 nitrogen and oxygen atoms in total. The van der Waals surface area contributed by atoms with E-state index >= 15 is 0 Å². The summed E-state index contributed by atoms with van der Waals surface area (Å²) < 4.78 is 2.25. The van der Waals surface area contributed by atoms with Crippen molar-refractivity contribution in [2.75, 3.05) is 0 Å². The van der Waals surface area contributed by atoms with Crippen LogP contribution < -0.4 is 0 Å². The Kier molecular flexibility index (Phi) is 5.84. The molecule has 2 fully saturated rings. The van der Waals surface area contributed by atoms with E-state index in [0.29, 0.717) is 5.92 Å². The Labute approximate surface area is 162 Å². The first-order valence-corrected chi connectivity index (χ1v) is 10.3. The predicted octanol–water partition coefficient (Wildman–Crippen LogP) is 6.84. The number of rotatable bonds is 2. The Bertz CT molecular complexity index is 785. The number of fused-ring (bicyclic) bond motifs is 1. The summed E-state index contributed by atoms with van der Waals surface area (Å²) in [5.41, 5.74) is 4.44. The van der Waals surface area contributed by atoms with E-state index in [9.17, 15) is 5.11 Å². The fraction of sp³-hybridized carbons (Fsp3) is 0.565. The summed E-state index contributed by atoms with van der Waals surface area (Å²) in [6, 6.07) is 6.24. The van der Waals surface area contributed by atoms with Crippen molar-refractivity contribution in [3.63, 3.8) is 0 Å². The molecule has 0 aliphatic heterocycles. The van der Waals surface area contributed by atoms with E-state index in [1.165, 1.54) is 43.4 Å². The van der Waals surface area contributed by atoms with Gasteiger partial charge in [0.05, 0.1) is 16.1 Å². The second kappa shape index (κ2) is 7.78. The largest absolute Gasteiger partial charge is 0.390 e. The molecular formula is C23H32ClNO. The minimum absolute atomic E-state index is 0.350. The van der Waals surface area contributed by atoms with Crippen LogP contribution in [0.3, 0.4) is 0 Å². The summed E-state index contributed by atoms with van der Waals surface area (Å²) >= 11 is 6.32. The van der Waals surface area contributed by atoms with Gasteiger partial charge in [0.2, 0.25) is 0 Å². The Morgan fingerprint density at radius 1 is 1.31 bits per heavy atom. The number of halogens is 1. The Hall–Kier alpha value is -1.25. The highest BCUT2D eigenvalue weighted by Crippen LogP contribution is 2.40. The highest BCUT2D eigenvalue weighted by molar-refractivity contribution is 6.34. The van der Waals surface area contributed by atoms with Gasteiger partial charge in [-0.1, -0.05) is 44.4 Å². The molecule has 2 atom stereocenters. The molecule has 0 saturated heterocycles. The van der Waals surface area contributed by atoms with Crippen LogP contribution in [-0.4, -0.2) is 15.1 Å². The van der Waals surface area contributed by atoms with Gasteiger partial charge in [0, 0.05) is 17.5 Å². The molecular weight excluding hydrogens is 342 g/mol. The predicted molar refractivity (Wildman–Crippen MR) is 112 cm³/mol. The lowest BCUT2D eigenvalue weighted by Crippen LogP contribution is -2.30. The van der Waals surface area contributed by atoms with Gasteiger partial charge in [0.15, 0.2) is 0 Å². The van der Waals surface area contributed by atoms with Crippen molar-refractivity contribution in [3.8, 4) is 0 Å². The van der Waals surface area contributed by atoms with Gasteiger partial charge in [-0.15, -0.1) is 0 Å². The molecule has 3 heteroatoms. The second-order valence-electron chi connectivity index (χ2n) is 8.66. The number of allylic oxidation sites excluding steroid dienone is 1. The third-order valence-electron chi connectivity index (χ3n) is 5.95. The van der Waals surface area contributed by atoms with Crippen LogP contribution in [0.5, 0.6) is 0 Å². The second-order valence-corrected chi connectivity index (χ2v) is 9.07. The molecule has 26 heavy (non-hydrogen) atoms. The van der Waals surface area contributed by atoms with Crippen molar-refractivity contribution in [1.82, 2.24) is 4.40 Å². The van der Waals surface area contributed by atoms with Crippen molar-refractivity contribution in [2.45, 2.75) is 77.2 Å². The highest BCUT2D eigenvalue weighted by Gasteiger charge is 2.27. The SMILES string of the molecule is C=C(C)c1cc(C2CCC2)n2cccc(Cl)c12.CC1CCCC(C)(O)C1. The van der Waals surface area contributed by atoms with Crippen LogP contribution in [0.4, 0.5) is 0 Å². The average Bonchev–Trinajstić information content (AvgIpc) is 2.86. The first-order chi connectivity index (χ1) is 12.3. The van der Waals surface area contributed by atoms with Crippen LogP contribution in [0.25, 0.3) is 11.1 Å². The van der Waals surface area contributed by atoms with Gasteiger partial charge in [0.25, 0.3) is 0 Å². The van der Waals surface area contributed by atoms with Gasteiger partial charge in [-0.05, 0) is 75.1 Å². The van der Waals surface area contributed by atoms with Crippen LogP contribution in [0.2, 0.25) is 5.02 Å². The Morgan fingerprint density at radius 2 is 2.04 bits per heavy atom. The van der Waals surface area contributed by atoms with Gasteiger partial charge in [-0.3, -0.25) is 0 Å². The van der Waals surface area contributed by atoms with E-state index < -0.39 is 0 Å². The third-order valence-corrected chi connectivity index (χ3v) is 6.26. The van der Waals surface area contributed by atoms with E-state index in [1.54, 1.807) is 0 Å². The summed E-state index contributed by atoms with van der Waals surface area (Å²) in [4.78, 5) is 0. The standard InChI is InChI=1S/C15H16ClN.C8H16O/c1-10(2)12-9-14(11-5-3-6-11)17-8-4-7-13(16)15(12)17;1-7-4-3-5-8(2,9)6-7/h4,7-9,11H,1,3,5-6H2,2H3;7,9H,3-6H2,1-2H3. The minimum Gasteiger partial charge on any atom is -0.390 e. The van der Waals surface area contributed by atoms with E-state index in [0.717, 1.165) is 34.9 Å². The maximum absolute atomic E-state index is 9.54. The number of hydrogen-bond acceptors (Lipinski definition) is 1. The molecule has 0 aromatic carbocycles. The molecule has 142 valence electrons. The van der Waals surface area contributed by atoms with E-state index in [2.05, 4.69) is 30.2 Å². The van der Waals surface area contributed by atoms with E-state index in [-0.39, 0.29) is 5.60 Å². The fourth-order valence-electron chi connectivity index (χ4n) is 4.37. The molecule has 2 saturated carbocycles. The summed E-state index contributed by atoms with van der Waals surface area (Å²) in [7, 11) is 0. The van der Waals surface area contributed by atoms with Gasteiger partial charge < -0.3 is 9.51 Å². The Balaban J connectivity index is 0.000000185. The molecule has 2 heterocycles. The normalized spacial score (nSPS) is 26.1. The zero-order valence-corrected chi connectivity index (χ0v) is 17.1. The number of aromatic nitrogens is 1. The number of pyridine rings is 1. The third kappa shape index (κ3) is 4.18. The summed E-state index contributed by atoms with van der Waals surface area (Å²) in [6.45, 7) is 10.3. The van der Waals surface area contributed by atoms with Crippen molar-refractivity contribution in [3.05, 3.63) is 47.3 Å². The van der Waals surface area contributed by atoms with Gasteiger partial charge in [-0.25, -0.2) is 0 Å². The van der Waals surface area contributed by atoms with E-state index in [1.807, 2.05) is 26.0 Å². The Morgan fingerprint density at radius 3 is 2.54 bits per heavy atom. The molecule has 2 aliphatic rings. The molecule has 0 amide bonds. The van der Waals surface area contributed by atoms with E-state index in [4.69, 9.17) is 11.6 Å². The fourth-order valence-corrected chi connectivity index (χ4v) is 4.64. The molecule has 2 aliphatic carbocycles. The lowest BCUT2D eigenvalue weighted by molar-refractivity contribution is 0.00461. The smallest absolute Gasteiger partial charge is 0.0715 e. The van der Waals surface area contributed by atoms with Crippen LogP contribution in [0, 0.1) is 5.92 Å². The van der Waals surface area contributed by atoms with Gasteiger partial charge in [0.1, 0.15) is 0 Å². The summed E-state index contributed by atoms with van der Waals surface area (Å²) in [6.07, 6.45) is 10.6. The zero-order chi connectivity index (χ0) is 18.9. The molecule has 0 radical (unpaired) electrons. The monoisotopic (exact) mass is 373 g/mol. The average molecular weight is 374 g/mol. The highest BCUT2D eigenvalue weighted by atomic mass is 35.5. The lowest BCUT2D eigenvalue weighted by atomic mass is 9.80. The first-order valence-electron chi connectivity index (χ1n) is 9.96. The molecule has 2 unspecified atom stereocenters. The zero-order valence-electron chi connectivity index (χ0n) is 16.4. The maximum atomic E-state index is 9.54. The summed E-state index contributed by atoms with van der Waals surface area (Å²) in [5, 5.41) is 10.4. The topological polar surface area (TPSA) is 24.6 Å². The van der Waals surface area contributed by atoms with Crippen molar-refractivity contribution < 1.29 is 5.11 Å².